The van der Waals surface area contributed by atoms with E-state index >= 15 is 0 Å². The Bertz CT molecular complexity index is 1370. The van der Waals surface area contributed by atoms with Crippen LogP contribution in [-0.4, -0.2) is 49.5 Å². The van der Waals surface area contributed by atoms with Gasteiger partial charge in [0, 0.05) is 27.9 Å². The van der Waals surface area contributed by atoms with Gasteiger partial charge in [0.25, 0.3) is 5.91 Å². The minimum Gasteiger partial charge on any atom is -0.508 e. The van der Waals surface area contributed by atoms with Crippen molar-refractivity contribution < 1.29 is 19.7 Å². The maximum absolute atomic E-state index is 12.4. The number of aromatic nitrogens is 3. The Morgan fingerprint density at radius 3 is 2.56 bits per heavy atom. The molecule has 0 aliphatic carbocycles. The molecule has 0 aliphatic rings. The summed E-state index contributed by atoms with van der Waals surface area (Å²) in [5, 5.41) is 32.8. The second-order valence-corrected chi connectivity index (χ2v) is 8.78. The van der Waals surface area contributed by atoms with E-state index < -0.39 is 0 Å². The molecule has 0 unspecified atom stereocenters. The second-order valence-electron chi connectivity index (χ2n) is 7.40. The van der Waals surface area contributed by atoms with Crippen LogP contribution >= 0.6 is 23.4 Å². The number of nitrogens with zero attached hydrogens (tertiary/aromatic N) is 4. The lowest BCUT2D eigenvalue weighted by molar-refractivity contribution is -0.118. The van der Waals surface area contributed by atoms with Crippen LogP contribution in [0.5, 0.6) is 17.2 Å². The summed E-state index contributed by atoms with van der Waals surface area (Å²) in [5.74, 6) is 0.770. The molecule has 1 amide bonds. The Labute approximate surface area is 216 Å². The van der Waals surface area contributed by atoms with Crippen LogP contribution in [0.25, 0.3) is 17.1 Å². The fraction of sp³-hybridized carbons (Fsp3) is 0.120. The number of thioether (sulfide) groups is 1. The van der Waals surface area contributed by atoms with Gasteiger partial charge in [-0.05, 0) is 67.6 Å². The van der Waals surface area contributed by atoms with Crippen molar-refractivity contribution in [1.82, 2.24) is 20.2 Å². The Kier molecular flexibility index (Phi) is 8.09. The zero-order valence-electron chi connectivity index (χ0n) is 19.1. The van der Waals surface area contributed by atoms with Crippen LogP contribution in [0.1, 0.15) is 12.5 Å². The predicted molar refractivity (Wildman–Crippen MR) is 139 cm³/mol. The monoisotopic (exact) mass is 523 g/mol. The molecule has 1 aromatic heterocycles. The van der Waals surface area contributed by atoms with E-state index in [0.29, 0.717) is 28.2 Å². The van der Waals surface area contributed by atoms with Gasteiger partial charge < -0.3 is 14.9 Å². The summed E-state index contributed by atoms with van der Waals surface area (Å²) in [7, 11) is 0. The number of amides is 1. The van der Waals surface area contributed by atoms with E-state index in [9.17, 15) is 15.0 Å². The molecule has 0 bridgehead atoms. The van der Waals surface area contributed by atoms with Gasteiger partial charge in [-0.25, -0.2) is 5.43 Å². The van der Waals surface area contributed by atoms with Crippen LogP contribution in [0.2, 0.25) is 5.02 Å². The third-order valence-corrected chi connectivity index (χ3v) is 6.06. The normalized spacial score (nSPS) is 11.1. The number of carbonyl (C=O) groups excluding carboxylic acids is 1. The second kappa shape index (κ2) is 11.6. The summed E-state index contributed by atoms with van der Waals surface area (Å²) in [5.41, 5.74) is 4.38. The molecule has 0 radical (unpaired) electrons. The summed E-state index contributed by atoms with van der Waals surface area (Å²) in [6.07, 6.45) is 1.29. The van der Waals surface area contributed by atoms with Crippen LogP contribution in [0.15, 0.2) is 77.0 Å². The van der Waals surface area contributed by atoms with E-state index in [1.165, 1.54) is 36.2 Å². The van der Waals surface area contributed by atoms with E-state index in [0.717, 1.165) is 17.0 Å². The van der Waals surface area contributed by atoms with Gasteiger partial charge in [0.1, 0.15) is 17.2 Å². The molecule has 9 nitrogen and oxygen atoms in total. The van der Waals surface area contributed by atoms with Crippen LogP contribution in [0, 0.1) is 0 Å². The fourth-order valence-electron chi connectivity index (χ4n) is 3.22. The first-order chi connectivity index (χ1) is 17.4. The summed E-state index contributed by atoms with van der Waals surface area (Å²) < 4.78 is 7.40. The molecule has 0 saturated heterocycles. The van der Waals surface area contributed by atoms with E-state index in [2.05, 4.69) is 20.7 Å². The molecule has 0 saturated carbocycles. The van der Waals surface area contributed by atoms with E-state index in [-0.39, 0.29) is 23.2 Å². The summed E-state index contributed by atoms with van der Waals surface area (Å²) in [6.45, 7) is 2.48. The van der Waals surface area contributed by atoms with Crippen molar-refractivity contribution in [2.75, 3.05) is 12.4 Å². The molecular weight excluding hydrogens is 502 g/mol. The highest BCUT2D eigenvalue weighted by Gasteiger charge is 2.17. The molecule has 184 valence electrons. The van der Waals surface area contributed by atoms with Gasteiger partial charge in [-0.2, -0.15) is 5.10 Å². The van der Waals surface area contributed by atoms with Gasteiger partial charge in [-0.15, -0.1) is 10.2 Å². The first-order valence-corrected chi connectivity index (χ1v) is 12.2. The lowest BCUT2D eigenvalue weighted by Crippen LogP contribution is -2.20. The predicted octanol–water partition coefficient (Wildman–Crippen LogP) is 4.64. The van der Waals surface area contributed by atoms with E-state index in [4.69, 9.17) is 16.3 Å². The van der Waals surface area contributed by atoms with Gasteiger partial charge in [-0.1, -0.05) is 23.4 Å². The highest BCUT2D eigenvalue weighted by Crippen LogP contribution is 2.29. The Balaban J connectivity index is 1.52. The number of aromatic hydroxyl groups is 2. The lowest BCUT2D eigenvalue weighted by Gasteiger charge is -2.11. The Morgan fingerprint density at radius 2 is 1.86 bits per heavy atom. The van der Waals surface area contributed by atoms with Crippen molar-refractivity contribution in [2.24, 2.45) is 5.10 Å². The molecule has 3 N–H and O–H groups in total. The summed E-state index contributed by atoms with van der Waals surface area (Å²) >= 11 is 7.25. The Morgan fingerprint density at radius 1 is 1.11 bits per heavy atom. The van der Waals surface area contributed by atoms with Crippen LogP contribution in [0.4, 0.5) is 0 Å². The largest absolute Gasteiger partial charge is 0.508 e. The topological polar surface area (TPSA) is 122 Å². The van der Waals surface area contributed by atoms with Crippen molar-refractivity contribution in [3.05, 3.63) is 77.3 Å². The van der Waals surface area contributed by atoms with Gasteiger partial charge in [-0.3, -0.25) is 9.36 Å². The molecule has 0 aliphatic heterocycles. The van der Waals surface area contributed by atoms with E-state index in [1.807, 2.05) is 47.9 Å². The molecule has 4 aromatic rings. The number of halogens is 1. The average molecular weight is 524 g/mol. The summed E-state index contributed by atoms with van der Waals surface area (Å²) in [4.78, 5) is 12.4. The number of rotatable bonds is 9. The Hall–Kier alpha value is -4.02. The summed E-state index contributed by atoms with van der Waals surface area (Å²) in [6, 6.07) is 18.8. The number of ether oxygens (including phenoxy) is 1. The number of hydrogen-bond acceptors (Lipinski definition) is 8. The maximum atomic E-state index is 12.4. The standard InChI is InChI=1S/C25H22ClN5O4S/c1-2-35-21-11-8-19(9-12-21)31-24(16-3-6-18(26)7-4-16)29-30-25(31)36-15-23(34)28-27-14-17-5-10-20(32)13-22(17)33/h3-14,32-33H,2,15H2,1H3,(H,28,34). The first-order valence-electron chi connectivity index (χ1n) is 10.9. The quantitative estimate of drug-likeness (QED) is 0.166. The zero-order valence-corrected chi connectivity index (χ0v) is 20.7. The minimum absolute atomic E-state index is 0.0225. The van der Waals surface area contributed by atoms with Crippen LogP contribution in [-0.2, 0) is 4.79 Å². The lowest BCUT2D eigenvalue weighted by atomic mass is 10.2. The number of phenolic OH excluding ortho intramolecular Hbond substituents is 2. The molecule has 0 spiro atoms. The van der Waals surface area contributed by atoms with Gasteiger partial charge in [0.2, 0.25) is 0 Å². The number of phenols is 2. The minimum atomic E-state index is -0.371. The number of nitrogens with one attached hydrogen (secondary N) is 1. The third-order valence-electron chi connectivity index (χ3n) is 4.88. The smallest absolute Gasteiger partial charge is 0.250 e. The van der Waals surface area contributed by atoms with Crippen molar-refractivity contribution in [3.63, 3.8) is 0 Å². The molecule has 4 rings (SSSR count). The van der Waals surface area contributed by atoms with Crippen molar-refractivity contribution in [1.29, 1.82) is 0 Å². The molecule has 11 heteroatoms. The molecule has 36 heavy (non-hydrogen) atoms. The van der Waals surface area contributed by atoms with Crippen molar-refractivity contribution >= 4 is 35.5 Å². The molecule has 0 fully saturated rings. The van der Waals surface area contributed by atoms with E-state index in [1.54, 1.807) is 12.1 Å². The van der Waals surface area contributed by atoms with Crippen molar-refractivity contribution in [3.8, 4) is 34.3 Å². The SMILES string of the molecule is CCOc1ccc(-n2c(SCC(=O)NN=Cc3ccc(O)cc3O)nnc2-c2ccc(Cl)cc2)cc1. The highest BCUT2D eigenvalue weighted by atomic mass is 35.5. The highest BCUT2D eigenvalue weighted by molar-refractivity contribution is 7.99. The van der Waals surface area contributed by atoms with Gasteiger partial charge in [0.15, 0.2) is 11.0 Å². The fourth-order valence-corrected chi connectivity index (χ4v) is 4.09. The molecule has 0 atom stereocenters. The molecule has 3 aromatic carbocycles. The third kappa shape index (κ3) is 6.15. The van der Waals surface area contributed by atoms with Crippen LogP contribution < -0.4 is 10.2 Å². The number of hydrazone groups is 1. The number of carbonyl (C=O) groups is 1. The molecule has 1 heterocycles. The van der Waals surface area contributed by atoms with Gasteiger partial charge >= 0.3 is 0 Å². The number of hydrogen-bond donors (Lipinski definition) is 3. The van der Waals surface area contributed by atoms with Crippen molar-refractivity contribution in [2.45, 2.75) is 12.1 Å². The maximum Gasteiger partial charge on any atom is 0.250 e. The molecular formula is C25H22ClN5O4S. The first kappa shape index (κ1) is 25.1. The number of benzene rings is 3. The average Bonchev–Trinajstić information content (AvgIpc) is 3.29. The van der Waals surface area contributed by atoms with Crippen LogP contribution in [0.3, 0.4) is 0 Å². The zero-order chi connectivity index (χ0) is 25.5. The van der Waals surface area contributed by atoms with Gasteiger partial charge in [0.05, 0.1) is 18.6 Å².